The number of nitrogens with zero attached hydrogens (tertiary/aromatic N) is 4. The Morgan fingerprint density at radius 1 is 1.21 bits per heavy atom. The van der Waals surface area contributed by atoms with Crippen molar-refractivity contribution < 1.29 is 13.9 Å². The van der Waals surface area contributed by atoms with Crippen LogP contribution in [0.5, 0.6) is 5.75 Å². The Bertz CT molecular complexity index is 1110. The van der Waals surface area contributed by atoms with Gasteiger partial charge < -0.3 is 9.64 Å². The van der Waals surface area contributed by atoms with Crippen LogP contribution in [0.25, 0.3) is 11.1 Å². The molecule has 0 saturated carbocycles. The number of carbonyl (C=O) groups excluding carboxylic acids is 1. The summed E-state index contributed by atoms with van der Waals surface area (Å²) in [6.45, 7) is 2.76. The van der Waals surface area contributed by atoms with E-state index in [4.69, 9.17) is 9.72 Å². The van der Waals surface area contributed by atoms with Crippen LogP contribution in [-0.2, 0) is 17.6 Å². The van der Waals surface area contributed by atoms with E-state index < -0.39 is 5.82 Å². The van der Waals surface area contributed by atoms with E-state index in [0.717, 1.165) is 54.7 Å². The highest BCUT2D eigenvalue weighted by molar-refractivity contribution is 5.80. The molecule has 1 aliphatic heterocycles. The first-order chi connectivity index (χ1) is 16.1. The summed E-state index contributed by atoms with van der Waals surface area (Å²) in [5.41, 5.74) is 3.43. The van der Waals surface area contributed by atoms with Crippen molar-refractivity contribution in [2.45, 2.75) is 51.5 Å². The van der Waals surface area contributed by atoms with Gasteiger partial charge in [-0.05, 0) is 61.1 Å². The van der Waals surface area contributed by atoms with Gasteiger partial charge in [-0.2, -0.15) is 0 Å². The van der Waals surface area contributed by atoms with Crippen LogP contribution in [-0.4, -0.2) is 39.4 Å². The Balaban J connectivity index is 1.67. The smallest absolute Gasteiger partial charge is 0.227 e. The molecule has 2 aromatic heterocycles. The molecule has 0 N–H and O–H groups in total. The second kappa shape index (κ2) is 10.5. The molecule has 1 amide bonds. The molecule has 1 aromatic carbocycles. The summed E-state index contributed by atoms with van der Waals surface area (Å²) in [7, 11) is 1.43. The molecule has 3 aromatic rings. The van der Waals surface area contributed by atoms with Gasteiger partial charge in [-0.1, -0.05) is 13.0 Å². The molecule has 0 unspecified atom stereocenters. The molecule has 172 valence electrons. The number of aromatic nitrogens is 3. The van der Waals surface area contributed by atoms with Crippen LogP contribution in [0, 0.1) is 5.82 Å². The number of rotatable bonds is 7. The fourth-order valence-corrected chi connectivity index (χ4v) is 4.40. The summed E-state index contributed by atoms with van der Waals surface area (Å²) < 4.78 is 19.2. The van der Waals surface area contributed by atoms with Gasteiger partial charge >= 0.3 is 0 Å². The summed E-state index contributed by atoms with van der Waals surface area (Å²) in [4.78, 5) is 28.9. The molecule has 0 spiro atoms. The number of aryl methyl sites for hydroxylation is 1. The van der Waals surface area contributed by atoms with Gasteiger partial charge in [-0.3, -0.25) is 9.78 Å². The molecule has 1 aliphatic rings. The van der Waals surface area contributed by atoms with Crippen molar-refractivity contribution in [1.82, 2.24) is 19.9 Å². The molecular weight excluding hydrogens is 419 g/mol. The van der Waals surface area contributed by atoms with Gasteiger partial charge in [-0.25, -0.2) is 14.4 Å². The van der Waals surface area contributed by atoms with Gasteiger partial charge in [0.2, 0.25) is 5.91 Å². The number of benzene rings is 1. The van der Waals surface area contributed by atoms with Crippen molar-refractivity contribution in [2.75, 3.05) is 13.7 Å². The molecular formula is C26H29FN4O2. The quantitative estimate of drug-likeness (QED) is 0.512. The average molecular weight is 449 g/mol. The first-order valence-corrected chi connectivity index (χ1v) is 11.5. The lowest BCUT2D eigenvalue weighted by atomic mass is 9.93. The fraction of sp³-hybridized carbons (Fsp3) is 0.385. The molecule has 7 heteroatoms. The zero-order chi connectivity index (χ0) is 23.2. The van der Waals surface area contributed by atoms with E-state index >= 15 is 0 Å². The fourth-order valence-electron chi connectivity index (χ4n) is 4.40. The number of methoxy groups -OCH3 is 1. The summed E-state index contributed by atoms with van der Waals surface area (Å²) in [5, 5.41) is 0. The average Bonchev–Trinajstić information content (AvgIpc) is 2.85. The Labute approximate surface area is 193 Å². The molecule has 3 heterocycles. The largest absolute Gasteiger partial charge is 0.494 e. The summed E-state index contributed by atoms with van der Waals surface area (Å²) in [6.07, 6.45) is 10.0. The highest BCUT2D eigenvalue weighted by Crippen LogP contribution is 2.36. The number of pyridine rings is 1. The Hall–Kier alpha value is -3.35. The molecule has 1 fully saturated rings. The van der Waals surface area contributed by atoms with Crippen LogP contribution in [0.4, 0.5) is 4.39 Å². The van der Waals surface area contributed by atoms with E-state index in [9.17, 15) is 9.18 Å². The van der Waals surface area contributed by atoms with Gasteiger partial charge in [0.25, 0.3) is 0 Å². The minimum atomic E-state index is -0.460. The van der Waals surface area contributed by atoms with E-state index in [0.29, 0.717) is 12.1 Å². The molecule has 4 rings (SSSR count). The maximum Gasteiger partial charge on any atom is 0.227 e. The van der Waals surface area contributed by atoms with Crippen molar-refractivity contribution in [2.24, 2.45) is 0 Å². The summed E-state index contributed by atoms with van der Waals surface area (Å²) in [6, 6.07) is 8.42. The minimum Gasteiger partial charge on any atom is -0.494 e. The third-order valence-corrected chi connectivity index (χ3v) is 6.04. The third kappa shape index (κ3) is 5.18. The lowest BCUT2D eigenvalue weighted by Crippen LogP contribution is -2.40. The van der Waals surface area contributed by atoms with Gasteiger partial charge in [0, 0.05) is 37.1 Å². The molecule has 33 heavy (non-hydrogen) atoms. The van der Waals surface area contributed by atoms with Gasteiger partial charge in [0.15, 0.2) is 11.6 Å². The Morgan fingerprint density at radius 2 is 2.03 bits per heavy atom. The van der Waals surface area contributed by atoms with Gasteiger partial charge in [0.1, 0.15) is 5.82 Å². The Kier molecular flexibility index (Phi) is 7.27. The molecule has 1 saturated heterocycles. The highest BCUT2D eigenvalue weighted by Gasteiger charge is 2.31. The Morgan fingerprint density at radius 3 is 2.76 bits per heavy atom. The number of ether oxygens (including phenoxy) is 1. The van der Waals surface area contributed by atoms with Crippen LogP contribution < -0.4 is 4.74 Å². The molecule has 6 nitrogen and oxygen atoms in total. The lowest BCUT2D eigenvalue weighted by molar-refractivity contribution is -0.134. The first kappa shape index (κ1) is 22.8. The topological polar surface area (TPSA) is 68.2 Å². The summed E-state index contributed by atoms with van der Waals surface area (Å²) >= 11 is 0. The van der Waals surface area contributed by atoms with Crippen LogP contribution >= 0.6 is 0 Å². The number of likely N-dealkylation sites (tertiary alicyclic amines) is 1. The van der Waals surface area contributed by atoms with E-state index in [1.165, 1.54) is 13.2 Å². The third-order valence-electron chi connectivity index (χ3n) is 6.04. The van der Waals surface area contributed by atoms with Crippen LogP contribution in [0.2, 0.25) is 0 Å². The number of hydrogen-bond acceptors (Lipinski definition) is 5. The molecule has 0 aliphatic carbocycles. The van der Waals surface area contributed by atoms with Crippen molar-refractivity contribution in [1.29, 1.82) is 0 Å². The van der Waals surface area contributed by atoms with Crippen LogP contribution in [0.15, 0.2) is 48.9 Å². The maximum atomic E-state index is 14.2. The number of amides is 1. The monoisotopic (exact) mass is 448 g/mol. The van der Waals surface area contributed by atoms with Crippen molar-refractivity contribution in [3.05, 3.63) is 71.8 Å². The first-order valence-electron chi connectivity index (χ1n) is 11.5. The highest BCUT2D eigenvalue weighted by atomic mass is 19.1. The lowest BCUT2D eigenvalue weighted by Gasteiger charge is -2.36. The normalized spacial score (nSPS) is 16.0. The molecule has 0 bridgehead atoms. The summed E-state index contributed by atoms with van der Waals surface area (Å²) in [5.74, 6) is 0.479. The van der Waals surface area contributed by atoms with Crippen LogP contribution in [0.3, 0.4) is 0 Å². The van der Waals surface area contributed by atoms with Crippen molar-refractivity contribution in [3.63, 3.8) is 0 Å². The number of halogens is 1. The van der Waals surface area contributed by atoms with Crippen molar-refractivity contribution in [3.8, 4) is 16.9 Å². The number of piperidine rings is 1. The van der Waals surface area contributed by atoms with E-state index in [2.05, 4.69) is 16.9 Å². The maximum absolute atomic E-state index is 14.2. The number of hydrogen-bond donors (Lipinski definition) is 0. The zero-order valence-electron chi connectivity index (χ0n) is 19.1. The van der Waals surface area contributed by atoms with E-state index in [1.54, 1.807) is 24.5 Å². The second-order valence-electron chi connectivity index (χ2n) is 8.32. The van der Waals surface area contributed by atoms with E-state index in [-0.39, 0.29) is 24.1 Å². The standard InChI is InChI=1S/C26H29FN4O2/c1-3-6-24-29-17-20(19-10-12-28-13-11-19)26(30-24)22-7-4-5-14-31(22)25(32)16-18-8-9-23(33-2)21(27)15-18/h8-13,15,17,22H,3-7,14,16H2,1-2H3/t22-/m0/s1. The zero-order valence-corrected chi connectivity index (χ0v) is 19.1. The molecule has 0 radical (unpaired) electrons. The van der Waals surface area contributed by atoms with E-state index in [1.807, 2.05) is 23.2 Å². The van der Waals surface area contributed by atoms with Gasteiger partial charge in [-0.15, -0.1) is 0 Å². The minimum absolute atomic E-state index is 0.0272. The molecule has 1 atom stereocenters. The second-order valence-corrected chi connectivity index (χ2v) is 8.32. The SMILES string of the molecule is CCCc1ncc(-c2ccncc2)c([C@@H]2CCCCN2C(=O)Cc2ccc(OC)c(F)c2)n1. The van der Waals surface area contributed by atoms with Gasteiger partial charge in [0.05, 0.1) is 25.3 Å². The van der Waals surface area contributed by atoms with Crippen LogP contribution in [0.1, 0.15) is 55.7 Å². The predicted molar refractivity (Wildman–Crippen MR) is 124 cm³/mol. The predicted octanol–water partition coefficient (Wildman–Crippen LogP) is 4.94. The number of carbonyl (C=O) groups is 1. The van der Waals surface area contributed by atoms with Crippen molar-refractivity contribution >= 4 is 5.91 Å².